The average Bonchev–Trinajstić information content (AvgIpc) is 2.30. The highest BCUT2D eigenvalue weighted by Crippen LogP contribution is 2.07. The number of hydrogen-bond donors (Lipinski definition) is 1. The van der Waals surface area contributed by atoms with Gasteiger partial charge in [-0.25, -0.2) is 9.59 Å². The van der Waals surface area contributed by atoms with E-state index >= 15 is 0 Å². The van der Waals surface area contributed by atoms with Gasteiger partial charge in [0, 0.05) is 19.2 Å². The predicted molar refractivity (Wildman–Crippen MR) is 71.2 cm³/mol. The molecule has 1 amide bonds. The molecule has 0 radical (unpaired) electrons. The number of carbonyl (C=O) groups is 4. The highest BCUT2D eigenvalue weighted by Gasteiger charge is 2.20. The van der Waals surface area contributed by atoms with Crippen molar-refractivity contribution in [3.63, 3.8) is 0 Å². The fourth-order valence-corrected chi connectivity index (χ4v) is 1.09. The van der Waals surface area contributed by atoms with Crippen LogP contribution < -0.4 is 0 Å². The van der Waals surface area contributed by atoms with Crippen molar-refractivity contribution in [3.05, 3.63) is 12.2 Å². The number of nitrogens with zero attached hydrogens (tertiary/aromatic N) is 1. The normalized spacial score (nSPS) is 11.0. The fourth-order valence-electron chi connectivity index (χ4n) is 1.09. The maximum atomic E-state index is 11.6. The van der Waals surface area contributed by atoms with E-state index in [4.69, 9.17) is 9.84 Å². The van der Waals surface area contributed by atoms with Crippen molar-refractivity contribution in [1.82, 2.24) is 4.90 Å². The first-order chi connectivity index (χ1) is 9.51. The molecule has 0 bridgehead atoms. The molecule has 0 aliphatic heterocycles. The van der Waals surface area contributed by atoms with E-state index in [-0.39, 0.29) is 6.54 Å². The fraction of sp³-hybridized carbons (Fsp3) is 0.538. The van der Waals surface area contributed by atoms with Gasteiger partial charge in [0.2, 0.25) is 0 Å². The third kappa shape index (κ3) is 10.1. The maximum absolute atomic E-state index is 11.6. The molecule has 0 aliphatic carbocycles. The van der Waals surface area contributed by atoms with E-state index in [9.17, 15) is 19.2 Å². The highest BCUT2D eigenvalue weighted by atomic mass is 16.6. The average molecular weight is 301 g/mol. The van der Waals surface area contributed by atoms with Crippen molar-refractivity contribution in [2.75, 3.05) is 20.2 Å². The van der Waals surface area contributed by atoms with Crippen LogP contribution in [0.1, 0.15) is 20.8 Å². The molecule has 0 spiro atoms. The van der Waals surface area contributed by atoms with Crippen molar-refractivity contribution in [2.24, 2.45) is 0 Å². The second kappa shape index (κ2) is 8.03. The molecule has 0 saturated heterocycles. The minimum Gasteiger partial charge on any atom is -0.478 e. The van der Waals surface area contributed by atoms with Crippen LogP contribution in [0.15, 0.2) is 12.2 Å². The number of carboxylic acid groups (broad SMARTS) is 1. The Balaban J connectivity index is 4.20. The van der Waals surface area contributed by atoms with Crippen LogP contribution in [0, 0.1) is 0 Å². The molecule has 8 nitrogen and oxygen atoms in total. The van der Waals surface area contributed by atoms with Gasteiger partial charge in [-0.2, -0.15) is 0 Å². The lowest BCUT2D eigenvalue weighted by molar-refractivity contribution is -0.159. The SMILES string of the molecule is CN(CC(=O)OC(C)(C)C)C(=O)COC(=O)C=CC(=O)O. The quantitative estimate of drug-likeness (QED) is 0.541. The summed E-state index contributed by atoms with van der Waals surface area (Å²) in [5.41, 5.74) is -0.658. The van der Waals surface area contributed by atoms with E-state index in [0.717, 1.165) is 4.90 Å². The number of hydrogen-bond acceptors (Lipinski definition) is 6. The van der Waals surface area contributed by atoms with Crippen LogP contribution in [0.3, 0.4) is 0 Å². The molecule has 0 atom stereocenters. The summed E-state index contributed by atoms with van der Waals surface area (Å²) < 4.78 is 9.56. The molecule has 0 heterocycles. The first-order valence-electron chi connectivity index (χ1n) is 6.05. The third-order valence-electron chi connectivity index (χ3n) is 1.91. The van der Waals surface area contributed by atoms with Gasteiger partial charge in [0.1, 0.15) is 12.1 Å². The molecule has 0 fully saturated rings. The van der Waals surface area contributed by atoms with Crippen LogP contribution in [0.5, 0.6) is 0 Å². The van der Waals surface area contributed by atoms with Gasteiger partial charge >= 0.3 is 17.9 Å². The summed E-state index contributed by atoms with van der Waals surface area (Å²) in [5, 5.41) is 8.30. The first-order valence-corrected chi connectivity index (χ1v) is 6.05. The number of rotatable bonds is 6. The van der Waals surface area contributed by atoms with E-state index in [0.29, 0.717) is 12.2 Å². The van der Waals surface area contributed by atoms with Gasteiger partial charge in [-0.1, -0.05) is 0 Å². The number of carboxylic acids is 1. The Morgan fingerprint density at radius 1 is 1.14 bits per heavy atom. The number of amides is 1. The van der Waals surface area contributed by atoms with Gasteiger partial charge < -0.3 is 19.5 Å². The second-order valence-corrected chi connectivity index (χ2v) is 5.12. The molecule has 0 aromatic rings. The number of ether oxygens (including phenoxy) is 2. The third-order valence-corrected chi connectivity index (χ3v) is 1.91. The molecule has 21 heavy (non-hydrogen) atoms. The largest absolute Gasteiger partial charge is 0.478 e. The van der Waals surface area contributed by atoms with Crippen LogP contribution in [-0.4, -0.2) is 59.6 Å². The van der Waals surface area contributed by atoms with Gasteiger partial charge in [-0.05, 0) is 20.8 Å². The van der Waals surface area contributed by atoms with Crippen molar-refractivity contribution >= 4 is 23.8 Å². The van der Waals surface area contributed by atoms with Crippen LogP contribution >= 0.6 is 0 Å². The summed E-state index contributed by atoms with van der Waals surface area (Å²) in [6.07, 6.45) is 1.28. The van der Waals surface area contributed by atoms with E-state index in [1.165, 1.54) is 7.05 Å². The first kappa shape index (κ1) is 18.6. The van der Waals surface area contributed by atoms with E-state index in [1.54, 1.807) is 20.8 Å². The molecule has 0 aliphatic rings. The topological polar surface area (TPSA) is 110 Å². The zero-order valence-corrected chi connectivity index (χ0v) is 12.4. The van der Waals surface area contributed by atoms with Crippen LogP contribution in [0.25, 0.3) is 0 Å². The van der Waals surface area contributed by atoms with Crippen LogP contribution in [0.4, 0.5) is 0 Å². The van der Waals surface area contributed by atoms with Gasteiger partial charge in [0.25, 0.3) is 5.91 Å². The molecule has 0 aromatic heterocycles. The second-order valence-electron chi connectivity index (χ2n) is 5.12. The molecule has 0 saturated carbocycles. The van der Waals surface area contributed by atoms with E-state index in [1.807, 2.05) is 0 Å². The Bertz CT molecular complexity index is 448. The number of carbonyl (C=O) groups excluding carboxylic acids is 3. The summed E-state index contributed by atoms with van der Waals surface area (Å²) in [5.74, 6) is -3.47. The molecule has 0 unspecified atom stereocenters. The minimum atomic E-state index is -1.31. The van der Waals surface area contributed by atoms with Crippen molar-refractivity contribution in [2.45, 2.75) is 26.4 Å². The predicted octanol–water partition coefficient (Wildman–Crippen LogP) is -0.0295. The smallest absolute Gasteiger partial charge is 0.331 e. The number of esters is 2. The molecular formula is C13H19NO7. The highest BCUT2D eigenvalue weighted by molar-refractivity contribution is 5.92. The lowest BCUT2D eigenvalue weighted by Gasteiger charge is -2.22. The van der Waals surface area contributed by atoms with Gasteiger partial charge in [-0.15, -0.1) is 0 Å². The lowest BCUT2D eigenvalue weighted by Crippen LogP contribution is -2.38. The van der Waals surface area contributed by atoms with E-state index in [2.05, 4.69) is 4.74 Å². The van der Waals surface area contributed by atoms with Crippen molar-refractivity contribution in [1.29, 1.82) is 0 Å². The van der Waals surface area contributed by atoms with Crippen molar-refractivity contribution < 1.29 is 33.8 Å². The summed E-state index contributed by atoms with van der Waals surface area (Å²) in [7, 11) is 1.35. The minimum absolute atomic E-state index is 0.279. The Hall–Kier alpha value is -2.38. The zero-order chi connectivity index (χ0) is 16.6. The Kier molecular flexibility index (Phi) is 7.12. The Morgan fingerprint density at radius 2 is 1.71 bits per heavy atom. The Labute approximate surface area is 122 Å². The maximum Gasteiger partial charge on any atom is 0.331 e. The van der Waals surface area contributed by atoms with E-state index < -0.39 is 36.0 Å². The number of aliphatic carboxylic acids is 1. The molecule has 1 N–H and O–H groups in total. The summed E-state index contributed by atoms with van der Waals surface area (Å²) in [6, 6.07) is 0. The van der Waals surface area contributed by atoms with Crippen molar-refractivity contribution in [3.8, 4) is 0 Å². The Morgan fingerprint density at radius 3 is 2.19 bits per heavy atom. The zero-order valence-electron chi connectivity index (χ0n) is 12.4. The molecule has 118 valence electrons. The standard InChI is InChI=1S/C13H19NO7/c1-13(2,3)21-12(19)7-14(4)9(15)8-20-11(18)6-5-10(16)17/h5-6H,7-8H2,1-4H3,(H,16,17). The van der Waals surface area contributed by atoms with Crippen LogP contribution in [-0.2, 0) is 28.7 Å². The lowest BCUT2D eigenvalue weighted by atomic mass is 10.2. The molecule has 8 heteroatoms. The van der Waals surface area contributed by atoms with Crippen LogP contribution in [0.2, 0.25) is 0 Å². The molecule has 0 rings (SSSR count). The summed E-state index contributed by atoms with van der Waals surface area (Å²) in [4.78, 5) is 45.3. The summed E-state index contributed by atoms with van der Waals surface area (Å²) in [6.45, 7) is 4.22. The molecular weight excluding hydrogens is 282 g/mol. The molecule has 0 aromatic carbocycles. The van der Waals surface area contributed by atoms with Gasteiger partial charge in [0.15, 0.2) is 6.61 Å². The summed E-state index contributed by atoms with van der Waals surface area (Å²) >= 11 is 0. The number of likely N-dealkylation sites (N-methyl/N-ethyl adjacent to an activating group) is 1. The monoisotopic (exact) mass is 301 g/mol. The van der Waals surface area contributed by atoms with Gasteiger partial charge in [0.05, 0.1) is 0 Å². The van der Waals surface area contributed by atoms with Gasteiger partial charge in [-0.3, -0.25) is 9.59 Å².